The van der Waals surface area contributed by atoms with Crippen molar-refractivity contribution in [1.29, 1.82) is 0 Å². The Balaban J connectivity index is 1.61. The molecule has 3 aliphatic carbocycles. The van der Waals surface area contributed by atoms with Crippen molar-refractivity contribution in [3.05, 3.63) is 35.4 Å². The lowest BCUT2D eigenvalue weighted by atomic mass is 9.82. The molecule has 1 aromatic rings. The molecule has 1 aromatic carbocycles. The molecule has 0 heterocycles. The summed E-state index contributed by atoms with van der Waals surface area (Å²) < 4.78 is 0. The fourth-order valence-corrected chi connectivity index (χ4v) is 5.32. The maximum Gasteiger partial charge on any atom is -0.0154 e. The van der Waals surface area contributed by atoms with Crippen LogP contribution >= 0.6 is 0 Å². The van der Waals surface area contributed by atoms with Crippen molar-refractivity contribution < 1.29 is 0 Å². The molecular formula is C17H22. The van der Waals surface area contributed by atoms with Crippen LogP contribution in [0.3, 0.4) is 0 Å². The summed E-state index contributed by atoms with van der Waals surface area (Å²) in [5.41, 5.74) is 3.17. The number of aryl methyl sites for hydroxylation is 1. The van der Waals surface area contributed by atoms with E-state index in [1.165, 1.54) is 18.4 Å². The molecule has 3 fully saturated rings. The highest BCUT2D eigenvalue weighted by atomic mass is 14.6. The van der Waals surface area contributed by atoms with Crippen molar-refractivity contribution in [3.63, 3.8) is 0 Å². The first kappa shape index (κ1) is 10.2. The van der Waals surface area contributed by atoms with Gasteiger partial charge in [0, 0.05) is 0 Å². The molecule has 0 spiro atoms. The molecule has 0 N–H and O–H groups in total. The molecule has 0 amide bonds. The van der Waals surface area contributed by atoms with Crippen molar-refractivity contribution in [2.45, 2.75) is 44.9 Å². The van der Waals surface area contributed by atoms with Crippen molar-refractivity contribution in [3.8, 4) is 0 Å². The largest absolute Gasteiger partial charge is 0.0620 e. The van der Waals surface area contributed by atoms with Crippen LogP contribution in [0.2, 0.25) is 0 Å². The van der Waals surface area contributed by atoms with Crippen molar-refractivity contribution in [1.82, 2.24) is 0 Å². The van der Waals surface area contributed by atoms with Crippen LogP contribution in [0.25, 0.3) is 0 Å². The topological polar surface area (TPSA) is 0 Å². The van der Waals surface area contributed by atoms with E-state index in [1.807, 2.05) is 0 Å². The first-order chi connectivity index (χ1) is 8.33. The van der Waals surface area contributed by atoms with Gasteiger partial charge in [-0.2, -0.15) is 0 Å². The van der Waals surface area contributed by atoms with E-state index in [1.54, 1.807) is 24.8 Å². The van der Waals surface area contributed by atoms with E-state index in [0.717, 1.165) is 29.6 Å². The second-order valence-electron chi connectivity index (χ2n) is 6.69. The molecule has 4 rings (SSSR count). The standard InChI is InChI=1S/C17H22/c1-11-4-2-3-5-15(11)14-9-16-12-6-7-13(8-12)17(16)10-14/h2-5,12-14,16-17H,6-10H2,1H3. The Labute approximate surface area is 104 Å². The van der Waals surface area contributed by atoms with E-state index in [9.17, 15) is 0 Å². The average molecular weight is 226 g/mol. The highest BCUT2D eigenvalue weighted by Crippen LogP contribution is 2.61. The van der Waals surface area contributed by atoms with Gasteiger partial charge >= 0.3 is 0 Å². The van der Waals surface area contributed by atoms with E-state index in [4.69, 9.17) is 0 Å². The molecule has 4 atom stereocenters. The van der Waals surface area contributed by atoms with Gasteiger partial charge in [0.25, 0.3) is 0 Å². The summed E-state index contributed by atoms with van der Waals surface area (Å²) >= 11 is 0. The summed E-state index contributed by atoms with van der Waals surface area (Å²) in [5, 5.41) is 0. The predicted octanol–water partition coefficient (Wildman–Crippen LogP) is 4.53. The smallest absolute Gasteiger partial charge is 0.0154 e. The third-order valence-electron chi connectivity index (χ3n) is 6.02. The SMILES string of the molecule is Cc1ccccc1C1CC2C3CCC(C3)C2C1. The van der Waals surface area contributed by atoms with Crippen molar-refractivity contribution in [2.75, 3.05) is 0 Å². The maximum atomic E-state index is 2.38. The Kier molecular flexibility index (Phi) is 2.16. The number of hydrogen-bond acceptors (Lipinski definition) is 0. The molecule has 0 heteroatoms. The lowest BCUT2D eigenvalue weighted by Gasteiger charge is -2.23. The average Bonchev–Trinajstić information content (AvgIpc) is 3.01. The summed E-state index contributed by atoms with van der Waals surface area (Å²) in [5.74, 6) is 5.30. The zero-order valence-corrected chi connectivity index (χ0v) is 10.7. The minimum Gasteiger partial charge on any atom is -0.0620 e. The normalized spacial score (nSPS) is 43.0. The Hall–Kier alpha value is -0.780. The zero-order chi connectivity index (χ0) is 11.4. The molecule has 90 valence electrons. The molecule has 0 aromatic heterocycles. The van der Waals surface area contributed by atoms with Gasteiger partial charge in [0.05, 0.1) is 0 Å². The lowest BCUT2D eigenvalue weighted by Crippen LogP contribution is -2.15. The van der Waals surface area contributed by atoms with Crippen LogP contribution < -0.4 is 0 Å². The van der Waals surface area contributed by atoms with Gasteiger partial charge in [-0.3, -0.25) is 0 Å². The van der Waals surface area contributed by atoms with Gasteiger partial charge in [-0.15, -0.1) is 0 Å². The zero-order valence-electron chi connectivity index (χ0n) is 10.7. The number of benzene rings is 1. The van der Waals surface area contributed by atoms with Gasteiger partial charge in [-0.05, 0) is 79.7 Å². The first-order valence-corrected chi connectivity index (χ1v) is 7.38. The monoisotopic (exact) mass is 226 g/mol. The van der Waals surface area contributed by atoms with Gasteiger partial charge in [-0.25, -0.2) is 0 Å². The highest BCUT2D eigenvalue weighted by molar-refractivity contribution is 5.30. The predicted molar refractivity (Wildman–Crippen MR) is 71.0 cm³/mol. The van der Waals surface area contributed by atoms with E-state index in [2.05, 4.69) is 31.2 Å². The van der Waals surface area contributed by atoms with Gasteiger partial charge in [-0.1, -0.05) is 24.3 Å². The minimum atomic E-state index is 0.884. The third kappa shape index (κ3) is 1.42. The molecule has 17 heavy (non-hydrogen) atoms. The quantitative estimate of drug-likeness (QED) is 0.659. The van der Waals surface area contributed by atoms with Gasteiger partial charge in [0.2, 0.25) is 0 Å². The van der Waals surface area contributed by atoms with Crippen LogP contribution in [-0.2, 0) is 0 Å². The summed E-state index contributed by atoms with van der Waals surface area (Å²) in [4.78, 5) is 0. The molecule has 3 saturated carbocycles. The van der Waals surface area contributed by atoms with Gasteiger partial charge in [0.1, 0.15) is 0 Å². The lowest BCUT2D eigenvalue weighted by molar-refractivity contribution is 0.259. The second kappa shape index (κ2) is 3.60. The Morgan fingerprint density at radius 2 is 1.53 bits per heavy atom. The molecule has 0 radical (unpaired) electrons. The van der Waals surface area contributed by atoms with Crippen molar-refractivity contribution in [2.24, 2.45) is 23.7 Å². The molecular weight excluding hydrogens is 204 g/mol. The van der Waals surface area contributed by atoms with Crippen LogP contribution in [0.15, 0.2) is 24.3 Å². The van der Waals surface area contributed by atoms with Crippen LogP contribution in [-0.4, -0.2) is 0 Å². The van der Waals surface area contributed by atoms with E-state index in [0.29, 0.717) is 0 Å². The fourth-order valence-electron chi connectivity index (χ4n) is 5.32. The van der Waals surface area contributed by atoms with Crippen LogP contribution in [0.5, 0.6) is 0 Å². The number of hydrogen-bond donors (Lipinski definition) is 0. The van der Waals surface area contributed by atoms with Crippen LogP contribution in [0, 0.1) is 30.6 Å². The molecule has 4 unspecified atom stereocenters. The highest BCUT2D eigenvalue weighted by Gasteiger charge is 2.51. The summed E-state index contributed by atoms with van der Waals surface area (Å²) in [7, 11) is 0. The summed E-state index contributed by atoms with van der Waals surface area (Å²) in [6.45, 7) is 2.29. The third-order valence-corrected chi connectivity index (χ3v) is 6.02. The summed E-state index contributed by atoms with van der Waals surface area (Å²) in [6.07, 6.45) is 7.67. The van der Waals surface area contributed by atoms with Crippen LogP contribution in [0.4, 0.5) is 0 Å². The Bertz CT molecular complexity index is 415. The Morgan fingerprint density at radius 3 is 2.18 bits per heavy atom. The fraction of sp³-hybridized carbons (Fsp3) is 0.647. The van der Waals surface area contributed by atoms with E-state index < -0.39 is 0 Å². The minimum absolute atomic E-state index is 0.884. The molecule has 0 nitrogen and oxygen atoms in total. The van der Waals surface area contributed by atoms with Crippen molar-refractivity contribution >= 4 is 0 Å². The molecule has 0 saturated heterocycles. The maximum absolute atomic E-state index is 2.38. The first-order valence-electron chi connectivity index (χ1n) is 7.38. The van der Waals surface area contributed by atoms with Gasteiger partial charge in [0.15, 0.2) is 0 Å². The number of fused-ring (bicyclic) bond motifs is 5. The van der Waals surface area contributed by atoms with E-state index >= 15 is 0 Å². The van der Waals surface area contributed by atoms with E-state index in [-0.39, 0.29) is 0 Å². The number of rotatable bonds is 1. The Morgan fingerprint density at radius 1 is 0.882 bits per heavy atom. The molecule has 0 aliphatic heterocycles. The van der Waals surface area contributed by atoms with Gasteiger partial charge < -0.3 is 0 Å². The molecule has 3 aliphatic rings. The summed E-state index contributed by atoms with van der Waals surface area (Å²) in [6, 6.07) is 9.07. The van der Waals surface area contributed by atoms with Crippen LogP contribution in [0.1, 0.15) is 49.1 Å². The second-order valence-corrected chi connectivity index (χ2v) is 6.69. The molecule has 2 bridgehead atoms.